The molecule has 1 saturated carbocycles. The fourth-order valence-corrected chi connectivity index (χ4v) is 4.26. The first-order valence-electron chi connectivity index (χ1n) is 10.6. The zero-order chi connectivity index (χ0) is 21.1. The number of amides is 1. The molecule has 3 aromatic rings. The fourth-order valence-electron chi connectivity index (χ4n) is 4.26. The number of hydrogen-bond acceptors (Lipinski definition) is 2. The van der Waals surface area contributed by atoms with E-state index in [-0.39, 0.29) is 17.2 Å². The van der Waals surface area contributed by atoms with Crippen molar-refractivity contribution in [1.29, 1.82) is 0 Å². The Hall–Kier alpha value is -3.20. The van der Waals surface area contributed by atoms with Gasteiger partial charge in [0, 0.05) is 5.41 Å². The molecule has 3 heteroatoms. The average molecular weight is 397 g/mol. The van der Waals surface area contributed by atoms with Gasteiger partial charge in [0.2, 0.25) is 5.91 Å². The molecule has 4 rings (SSSR count). The molecule has 0 spiro atoms. The van der Waals surface area contributed by atoms with E-state index in [1.165, 1.54) is 22.3 Å². The van der Waals surface area contributed by atoms with E-state index in [9.17, 15) is 4.79 Å². The number of benzene rings is 3. The molecular weight excluding hydrogens is 368 g/mol. The molecule has 0 aromatic heterocycles. The number of hydrazone groups is 1. The molecule has 0 bridgehead atoms. The molecule has 0 aliphatic heterocycles. The SMILES string of the molecule is CC/C(=N\NC(=O)[C@@H]1CC1(c1ccc(C)cc1)c1ccc(C)cc1)c1ccccc1. The number of carbonyl (C=O) groups excluding carboxylic acids is 1. The van der Waals surface area contributed by atoms with Gasteiger partial charge in [-0.25, -0.2) is 5.43 Å². The van der Waals surface area contributed by atoms with Gasteiger partial charge in [-0.1, -0.05) is 96.9 Å². The Labute approximate surface area is 178 Å². The van der Waals surface area contributed by atoms with E-state index in [1.54, 1.807) is 0 Å². The lowest BCUT2D eigenvalue weighted by Crippen LogP contribution is -2.26. The predicted octanol–water partition coefficient (Wildman–Crippen LogP) is 5.54. The maximum Gasteiger partial charge on any atom is 0.244 e. The van der Waals surface area contributed by atoms with Crippen LogP contribution in [0.4, 0.5) is 0 Å². The third-order valence-corrected chi connectivity index (χ3v) is 6.15. The lowest BCUT2D eigenvalue weighted by Gasteiger charge is -2.19. The van der Waals surface area contributed by atoms with Gasteiger partial charge in [0.05, 0.1) is 11.6 Å². The van der Waals surface area contributed by atoms with Crippen LogP contribution in [0.3, 0.4) is 0 Å². The van der Waals surface area contributed by atoms with Gasteiger partial charge >= 0.3 is 0 Å². The van der Waals surface area contributed by atoms with E-state index in [4.69, 9.17) is 0 Å². The first kappa shape index (κ1) is 20.1. The number of nitrogens with zero attached hydrogens (tertiary/aromatic N) is 1. The van der Waals surface area contributed by atoms with Gasteiger partial charge in [0.15, 0.2) is 0 Å². The first-order valence-corrected chi connectivity index (χ1v) is 10.6. The van der Waals surface area contributed by atoms with Crippen LogP contribution in [0.1, 0.15) is 47.6 Å². The maximum absolute atomic E-state index is 13.1. The summed E-state index contributed by atoms with van der Waals surface area (Å²) in [5, 5.41) is 4.47. The van der Waals surface area contributed by atoms with Gasteiger partial charge < -0.3 is 0 Å². The van der Waals surface area contributed by atoms with E-state index in [0.29, 0.717) is 0 Å². The van der Waals surface area contributed by atoms with Crippen molar-refractivity contribution in [2.75, 3.05) is 0 Å². The highest BCUT2D eigenvalue weighted by molar-refractivity contribution is 6.01. The molecule has 3 aromatic carbocycles. The van der Waals surface area contributed by atoms with E-state index in [2.05, 4.69) is 79.8 Å². The van der Waals surface area contributed by atoms with Crippen molar-refractivity contribution in [3.63, 3.8) is 0 Å². The van der Waals surface area contributed by atoms with Gasteiger partial charge in [-0.3, -0.25) is 4.79 Å². The van der Waals surface area contributed by atoms with Crippen LogP contribution in [-0.2, 0) is 10.2 Å². The Morgan fingerprint density at radius 1 is 0.900 bits per heavy atom. The molecule has 0 radical (unpaired) electrons. The molecule has 0 unspecified atom stereocenters. The van der Waals surface area contributed by atoms with Crippen molar-refractivity contribution in [3.8, 4) is 0 Å². The molecule has 1 N–H and O–H groups in total. The standard InChI is InChI=1S/C27H28N2O/c1-4-25(21-8-6-5-7-9-21)28-29-26(30)24-18-27(24,22-14-10-19(2)11-15-22)23-16-12-20(3)13-17-23/h5-17,24H,4,18H2,1-3H3,(H,29,30)/b28-25+/t24-/m0/s1. The first-order chi connectivity index (χ1) is 14.5. The summed E-state index contributed by atoms with van der Waals surface area (Å²) in [5.74, 6) is -0.140. The van der Waals surface area contributed by atoms with E-state index in [0.717, 1.165) is 24.1 Å². The molecule has 1 amide bonds. The normalized spacial score (nSPS) is 17.4. The monoisotopic (exact) mass is 396 g/mol. The summed E-state index contributed by atoms with van der Waals surface area (Å²) < 4.78 is 0. The Morgan fingerprint density at radius 2 is 1.43 bits per heavy atom. The molecule has 1 aliphatic carbocycles. The topological polar surface area (TPSA) is 41.5 Å². The molecule has 0 heterocycles. The van der Waals surface area contributed by atoms with Crippen LogP contribution in [0.2, 0.25) is 0 Å². The Morgan fingerprint density at radius 3 is 1.93 bits per heavy atom. The highest BCUT2D eigenvalue weighted by Crippen LogP contribution is 2.59. The van der Waals surface area contributed by atoms with Gasteiger partial charge in [0.1, 0.15) is 0 Å². The number of carbonyl (C=O) groups is 1. The van der Waals surface area contributed by atoms with Gasteiger partial charge in [-0.05, 0) is 43.4 Å². The Balaban J connectivity index is 1.61. The largest absolute Gasteiger partial charge is 0.273 e. The van der Waals surface area contributed by atoms with Crippen LogP contribution >= 0.6 is 0 Å². The lowest BCUT2D eigenvalue weighted by atomic mass is 9.85. The predicted molar refractivity (Wildman–Crippen MR) is 123 cm³/mol. The zero-order valence-corrected chi connectivity index (χ0v) is 17.9. The summed E-state index contributed by atoms with van der Waals surface area (Å²) in [7, 11) is 0. The quantitative estimate of drug-likeness (QED) is 0.431. The number of aryl methyl sites for hydroxylation is 2. The zero-order valence-electron chi connectivity index (χ0n) is 17.9. The second-order valence-corrected chi connectivity index (χ2v) is 8.21. The van der Waals surface area contributed by atoms with Gasteiger partial charge in [-0.2, -0.15) is 5.10 Å². The molecular formula is C27H28N2O. The molecule has 152 valence electrons. The van der Waals surface area contributed by atoms with Crippen LogP contribution < -0.4 is 5.43 Å². The average Bonchev–Trinajstić information content (AvgIpc) is 3.53. The molecule has 1 aliphatic rings. The number of rotatable bonds is 6. The van der Waals surface area contributed by atoms with Crippen LogP contribution in [-0.4, -0.2) is 11.6 Å². The second kappa shape index (κ2) is 8.27. The minimum Gasteiger partial charge on any atom is -0.273 e. The summed E-state index contributed by atoms with van der Waals surface area (Å²) in [6.07, 6.45) is 1.56. The minimum absolute atomic E-state index is 0.0157. The van der Waals surface area contributed by atoms with Crippen molar-refractivity contribution < 1.29 is 4.79 Å². The van der Waals surface area contributed by atoms with Crippen molar-refractivity contribution in [3.05, 3.63) is 107 Å². The third kappa shape index (κ3) is 3.80. The fraction of sp³-hybridized carbons (Fsp3) is 0.259. The van der Waals surface area contributed by atoms with Gasteiger partial charge in [0.25, 0.3) is 0 Å². The summed E-state index contributed by atoms with van der Waals surface area (Å²) >= 11 is 0. The van der Waals surface area contributed by atoms with E-state index < -0.39 is 0 Å². The summed E-state index contributed by atoms with van der Waals surface area (Å²) in [6.45, 7) is 6.23. The molecule has 30 heavy (non-hydrogen) atoms. The Bertz CT molecular complexity index is 1000. The third-order valence-electron chi connectivity index (χ3n) is 6.15. The van der Waals surface area contributed by atoms with Crippen LogP contribution in [0, 0.1) is 19.8 Å². The Kier molecular flexibility index (Phi) is 5.54. The smallest absolute Gasteiger partial charge is 0.244 e. The van der Waals surface area contributed by atoms with Crippen LogP contribution in [0.5, 0.6) is 0 Å². The number of nitrogens with one attached hydrogen (secondary N) is 1. The molecule has 3 nitrogen and oxygen atoms in total. The summed E-state index contributed by atoms with van der Waals surface area (Å²) in [4.78, 5) is 13.1. The highest BCUT2D eigenvalue weighted by Gasteiger charge is 2.60. The van der Waals surface area contributed by atoms with Crippen molar-refractivity contribution in [2.45, 2.75) is 39.0 Å². The van der Waals surface area contributed by atoms with Crippen LogP contribution in [0.25, 0.3) is 0 Å². The molecule has 0 saturated heterocycles. The van der Waals surface area contributed by atoms with Gasteiger partial charge in [-0.15, -0.1) is 0 Å². The highest BCUT2D eigenvalue weighted by atomic mass is 16.2. The maximum atomic E-state index is 13.1. The molecule has 1 fully saturated rings. The second-order valence-electron chi connectivity index (χ2n) is 8.21. The van der Waals surface area contributed by atoms with E-state index >= 15 is 0 Å². The lowest BCUT2D eigenvalue weighted by molar-refractivity contribution is -0.122. The minimum atomic E-state index is -0.278. The van der Waals surface area contributed by atoms with Crippen molar-refractivity contribution >= 4 is 11.6 Å². The summed E-state index contributed by atoms with van der Waals surface area (Å²) in [5.41, 5.74) is 9.35. The van der Waals surface area contributed by atoms with Crippen molar-refractivity contribution in [2.24, 2.45) is 11.0 Å². The van der Waals surface area contributed by atoms with Crippen molar-refractivity contribution in [1.82, 2.24) is 5.43 Å². The summed E-state index contributed by atoms with van der Waals surface area (Å²) in [6, 6.07) is 27.2. The molecule has 1 atom stereocenters. The van der Waals surface area contributed by atoms with E-state index in [1.807, 2.05) is 30.3 Å². The number of hydrogen-bond donors (Lipinski definition) is 1. The van der Waals surface area contributed by atoms with Crippen LogP contribution in [0.15, 0.2) is 84.0 Å².